The molecule has 0 radical (unpaired) electrons. The van der Waals surface area contributed by atoms with Gasteiger partial charge in [-0.05, 0) is 68.4 Å². The molecular formula is C28H34N2O5S. The molecule has 1 unspecified atom stereocenters. The normalized spacial score (nSPS) is 18.4. The molecule has 1 heterocycles. The van der Waals surface area contributed by atoms with E-state index in [-0.39, 0.29) is 37.7 Å². The quantitative estimate of drug-likeness (QED) is 0.332. The van der Waals surface area contributed by atoms with Crippen molar-refractivity contribution in [1.29, 1.82) is 0 Å². The number of benzene rings is 1. The second-order valence-electron chi connectivity index (χ2n) is 10.5. The van der Waals surface area contributed by atoms with Crippen LogP contribution in [0.4, 0.5) is 5.69 Å². The van der Waals surface area contributed by atoms with Gasteiger partial charge in [0.25, 0.3) is 0 Å². The van der Waals surface area contributed by atoms with Crippen molar-refractivity contribution >= 4 is 41.7 Å². The number of nitrogens with one attached hydrogen (secondary N) is 1. The van der Waals surface area contributed by atoms with Gasteiger partial charge in [-0.2, -0.15) is 0 Å². The maximum absolute atomic E-state index is 13.4. The minimum atomic E-state index is -1.15. The van der Waals surface area contributed by atoms with Crippen LogP contribution in [0.1, 0.15) is 64.9 Å². The lowest BCUT2D eigenvalue weighted by Crippen LogP contribution is -2.49. The highest BCUT2D eigenvalue weighted by Crippen LogP contribution is 2.51. The Morgan fingerprint density at radius 2 is 1.86 bits per heavy atom. The minimum Gasteiger partial charge on any atom is -0.481 e. The fourth-order valence-electron chi connectivity index (χ4n) is 4.83. The molecule has 4 rings (SSSR count). The van der Waals surface area contributed by atoms with Crippen molar-refractivity contribution in [2.24, 2.45) is 0 Å². The van der Waals surface area contributed by atoms with E-state index in [1.807, 2.05) is 23.1 Å². The number of carbonyl (C=O) groups excluding carboxylic acids is 2. The van der Waals surface area contributed by atoms with Crippen LogP contribution < -0.4 is 10.2 Å². The number of hydrogen-bond donors (Lipinski definition) is 3. The first-order chi connectivity index (χ1) is 17.0. The summed E-state index contributed by atoms with van der Waals surface area (Å²) in [5.74, 6) is -1.37. The highest BCUT2D eigenvalue weighted by molar-refractivity contribution is 7.81. The number of hydrogen-bond acceptors (Lipinski definition) is 5. The van der Waals surface area contributed by atoms with Gasteiger partial charge in [-0.3, -0.25) is 14.4 Å². The van der Waals surface area contributed by atoms with E-state index >= 15 is 0 Å². The minimum absolute atomic E-state index is 0.0455. The molecule has 7 nitrogen and oxygen atoms in total. The molecule has 0 saturated carbocycles. The summed E-state index contributed by atoms with van der Waals surface area (Å²) in [6.45, 7) is 5.74. The molecule has 2 N–H and O–H groups in total. The Bertz CT molecular complexity index is 1180. The number of nitrogens with zero attached hydrogens (tertiary/aromatic N) is 1. The lowest BCUT2D eigenvalue weighted by molar-refractivity contribution is -0.141. The van der Waals surface area contributed by atoms with E-state index < -0.39 is 16.4 Å². The molecule has 0 bridgehead atoms. The Hall–Kier alpha value is -2.84. The Morgan fingerprint density at radius 3 is 2.61 bits per heavy atom. The number of thiol groups is 1. The molecule has 8 heteroatoms. The van der Waals surface area contributed by atoms with Gasteiger partial charge in [0.05, 0.1) is 30.8 Å². The van der Waals surface area contributed by atoms with E-state index in [4.69, 9.17) is 9.84 Å². The predicted octanol–water partition coefficient (Wildman–Crippen LogP) is 4.65. The zero-order valence-electron chi connectivity index (χ0n) is 21.1. The Kier molecular flexibility index (Phi) is 7.48. The molecule has 192 valence electrons. The molecule has 3 aliphatic rings. The van der Waals surface area contributed by atoms with Crippen LogP contribution in [0, 0.1) is 0 Å². The molecule has 0 fully saturated rings. The van der Waals surface area contributed by atoms with Gasteiger partial charge in [0.2, 0.25) is 11.8 Å². The number of fused-ring (bicyclic) bond motifs is 3. The monoisotopic (exact) mass is 510 g/mol. The van der Waals surface area contributed by atoms with Crippen molar-refractivity contribution in [3.63, 3.8) is 0 Å². The van der Waals surface area contributed by atoms with Crippen LogP contribution in [0.25, 0.3) is 5.57 Å². The van der Waals surface area contributed by atoms with E-state index in [1.165, 1.54) is 22.3 Å². The molecule has 2 amide bonds. The lowest BCUT2D eigenvalue weighted by Gasteiger charge is -2.31. The molecule has 2 aliphatic carbocycles. The molecule has 36 heavy (non-hydrogen) atoms. The van der Waals surface area contributed by atoms with E-state index in [0.717, 1.165) is 30.5 Å². The third kappa shape index (κ3) is 6.28. The predicted molar refractivity (Wildman–Crippen MR) is 143 cm³/mol. The fourth-order valence-corrected chi connectivity index (χ4v) is 5.03. The van der Waals surface area contributed by atoms with Crippen LogP contribution in [-0.2, 0) is 19.1 Å². The summed E-state index contributed by atoms with van der Waals surface area (Å²) < 4.78 is 5.63. The number of amides is 2. The van der Waals surface area contributed by atoms with Gasteiger partial charge >= 0.3 is 5.97 Å². The highest BCUT2D eigenvalue weighted by Gasteiger charge is 2.35. The maximum atomic E-state index is 13.4. The lowest BCUT2D eigenvalue weighted by atomic mass is 9.93. The fraction of sp³-hybridized carbons (Fsp3) is 0.464. The number of allylic oxidation sites excluding steroid dienone is 4. The number of carbonyl (C=O) groups is 3. The standard InChI is InChI=1S/C28H34N2O5S/c1-27(2,17-35-28(3,36)15-26(33)34)29-24(31)12-13-25(32)30-16-18-8-4-5-9-19(18)21-14-22(21)20-10-6-7-11-23(20)30/h4,6-8,10-11,36H,5,9,12-17H2,1-3H3,(H,29,31)(H,33,34). The van der Waals surface area contributed by atoms with Gasteiger partial charge in [0, 0.05) is 18.4 Å². The van der Waals surface area contributed by atoms with E-state index in [9.17, 15) is 14.4 Å². The van der Waals surface area contributed by atoms with Gasteiger partial charge in [-0.1, -0.05) is 30.4 Å². The number of carboxylic acid groups (broad SMARTS) is 1. The van der Waals surface area contributed by atoms with Crippen LogP contribution in [0.2, 0.25) is 0 Å². The van der Waals surface area contributed by atoms with Crippen molar-refractivity contribution in [2.75, 3.05) is 18.1 Å². The third-order valence-corrected chi connectivity index (χ3v) is 6.93. The van der Waals surface area contributed by atoms with Gasteiger partial charge < -0.3 is 20.1 Å². The first-order valence-corrected chi connectivity index (χ1v) is 12.8. The van der Waals surface area contributed by atoms with Crippen molar-refractivity contribution in [2.45, 2.75) is 69.8 Å². The van der Waals surface area contributed by atoms with Crippen LogP contribution in [-0.4, -0.2) is 46.5 Å². The number of aliphatic carboxylic acids is 1. The topological polar surface area (TPSA) is 95.9 Å². The largest absolute Gasteiger partial charge is 0.481 e. The third-order valence-electron chi connectivity index (χ3n) is 6.64. The van der Waals surface area contributed by atoms with Gasteiger partial charge in [0.15, 0.2) is 0 Å². The first-order valence-electron chi connectivity index (χ1n) is 12.4. The SMILES string of the molecule is CC(C)(COC(C)(S)CC(=O)O)NC(=O)CCC(=O)N1CC2=C(CCC=C2)C2=C(C2)c2ccccc21. The molecular weight excluding hydrogens is 476 g/mol. The van der Waals surface area contributed by atoms with Crippen LogP contribution >= 0.6 is 12.6 Å². The first kappa shape index (κ1) is 26.2. The molecule has 1 aromatic rings. The number of carboxylic acids is 1. The van der Waals surface area contributed by atoms with Gasteiger partial charge in [0.1, 0.15) is 4.93 Å². The van der Waals surface area contributed by atoms with Crippen molar-refractivity contribution in [1.82, 2.24) is 5.32 Å². The van der Waals surface area contributed by atoms with E-state index in [2.05, 4.69) is 36.2 Å². The van der Waals surface area contributed by atoms with Crippen molar-refractivity contribution in [3.05, 3.63) is 58.7 Å². The van der Waals surface area contributed by atoms with Crippen molar-refractivity contribution in [3.8, 4) is 0 Å². The summed E-state index contributed by atoms with van der Waals surface area (Å²) in [4.78, 5) is 37.8. The Morgan fingerprint density at radius 1 is 1.11 bits per heavy atom. The maximum Gasteiger partial charge on any atom is 0.307 e. The summed E-state index contributed by atoms with van der Waals surface area (Å²) >= 11 is 4.26. The molecule has 0 aromatic heterocycles. The summed E-state index contributed by atoms with van der Waals surface area (Å²) in [6, 6.07) is 8.02. The van der Waals surface area contributed by atoms with Crippen LogP contribution in [0.3, 0.4) is 0 Å². The number of para-hydroxylation sites is 1. The highest BCUT2D eigenvalue weighted by atomic mass is 32.1. The number of anilines is 1. The van der Waals surface area contributed by atoms with Crippen LogP contribution in [0.5, 0.6) is 0 Å². The Balaban J connectivity index is 1.40. The molecule has 1 aliphatic heterocycles. The zero-order valence-corrected chi connectivity index (χ0v) is 22.0. The summed E-state index contributed by atoms with van der Waals surface area (Å²) in [6.07, 6.45) is 7.18. The van der Waals surface area contributed by atoms with E-state index in [1.54, 1.807) is 20.8 Å². The van der Waals surface area contributed by atoms with Crippen molar-refractivity contribution < 1.29 is 24.2 Å². The molecule has 1 aromatic carbocycles. The second-order valence-corrected chi connectivity index (χ2v) is 11.5. The average molecular weight is 511 g/mol. The van der Waals surface area contributed by atoms with Crippen LogP contribution in [0.15, 0.2) is 53.1 Å². The second kappa shape index (κ2) is 10.3. The summed E-state index contributed by atoms with van der Waals surface area (Å²) in [5.41, 5.74) is 6.57. The zero-order chi connectivity index (χ0) is 26.1. The molecule has 1 atom stereocenters. The van der Waals surface area contributed by atoms with Gasteiger partial charge in [-0.15, -0.1) is 12.6 Å². The number of ether oxygens (including phenoxy) is 1. The summed E-state index contributed by atoms with van der Waals surface area (Å²) in [5, 5.41) is 11.9. The summed E-state index contributed by atoms with van der Waals surface area (Å²) in [7, 11) is 0. The average Bonchev–Trinajstić information content (AvgIpc) is 3.58. The number of rotatable bonds is 9. The van der Waals surface area contributed by atoms with Gasteiger partial charge in [-0.25, -0.2) is 0 Å². The van der Waals surface area contributed by atoms with E-state index in [0.29, 0.717) is 6.54 Å². The molecule has 0 spiro atoms. The Labute approximate surface area is 217 Å². The smallest absolute Gasteiger partial charge is 0.307 e. The molecule has 0 saturated heterocycles.